The summed E-state index contributed by atoms with van der Waals surface area (Å²) in [4.78, 5) is 37.9. The number of nitrogens with zero attached hydrogens (tertiary/aromatic N) is 6. The molecule has 0 radical (unpaired) electrons. The van der Waals surface area contributed by atoms with E-state index in [2.05, 4.69) is 26.6 Å². The van der Waals surface area contributed by atoms with Gasteiger partial charge >= 0.3 is 0 Å². The van der Waals surface area contributed by atoms with Crippen LogP contribution in [0.25, 0.3) is 0 Å². The minimum atomic E-state index is -0.288. The average molecular weight is 368 g/mol. The molecule has 6 bridgehead atoms. The van der Waals surface area contributed by atoms with Crippen LogP contribution in [0.1, 0.15) is 13.8 Å². The molecule has 5 aliphatic rings. The number of amides is 2. The Bertz CT molecular complexity index is 570. The van der Waals surface area contributed by atoms with E-state index in [1.54, 1.807) is 28.1 Å². The fraction of sp³-hybridized carbons (Fsp3) is 0.875. The largest absolute Gasteiger partial charge is 0.369 e. The van der Waals surface area contributed by atoms with Gasteiger partial charge in [-0.05, 0) is 14.1 Å². The van der Waals surface area contributed by atoms with Crippen molar-refractivity contribution in [2.24, 2.45) is 0 Å². The van der Waals surface area contributed by atoms with Crippen molar-refractivity contribution in [3.63, 3.8) is 0 Å². The number of likely N-dealkylation sites (N-methyl/N-ethyl adjacent to an activating group) is 2. The number of hydrogen-bond donors (Lipinski definition) is 0. The highest BCUT2D eigenvalue weighted by molar-refractivity contribution is 5.77. The number of carbonyl (C=O) groups is 2. The highest BCUT2D eigenvalue weighted by atomic mass is 16.5. The lowest BCUT2D eigenvalue weighted by Crippen LogP contribution is -2.72. The molecule has 0 N–H and O–H groups in total. The predicted octanol–water partition coefficient (Wildman–Crippen LogP) is -1.63. The highest BCUT2D eigenvalue weighted by Crippen LogP contribution is 2.50. The Balaban J connectivity index is 1.93. The summed E-state index contributed by atoms with van der Waals surface area (Å²) < 4.78 is 11.0. The fourth-order valence-corrected chi connectivity index (χ4v) is 5.57. The SMILES string of the molecule is COCN1C2C3N(C)C4C(N2C)N(COC)C(C1N3C(C)=O)N4C(C)=O. The molecule has 5 heterocycles. The van der Waals surface area contributed by atoms with E-state index in [1.165, 1.54) is 0 Å². The number of rotatable bonds is 4. The fourth-order valence-electron chi connectivity index (χ4n) is 5.57. The van der Waals surface area contributed by atoms with Crippen molar-refractivity contribution in [1.82, 2.24) is 29.4 Å². The van der Waals surface area contributed by atoms with E-state index in [1.807, 2.05) is 16.8 Å². The lowest BCUT2D eigenvalue weighted by atomic mass is 10.1. The van der Waals surface area contributed by atoms with Gasteiger partial charge in [0, 0.05) is 28.1 Å². The molecule has 5 aliphatic heterocycles. The van der Waals surface area contributed by atoms with Crippen LogP contribution >= 0.6 is 0 Å². The van der Waals surface area contributed by atoms with E-state index >= 15 is 0 Å². The summed E-state index contributed by atoms with van der Waals surface area (Å²) in [5.74, 6) is -0.00792. The molecule has 2 amide bonds. The predicted molar refractivity (Wildman–Crippen MR) is 90.7 cm³/mol. The number of piperazine rings is 1. The van der Waals surface area contributed by atoms with Crippen molar-refractivity contribution in [2.75, 3.05) is 41.8 Å². The minimum absolute atomic E-state index is 0.00396. The van der Waals surface area contributed by atoms with Crippen LogP contribution < -0.4 is 0 Å². The first-order valence-electron chi connectivity index (χ1n) is 8.87. The molecular formula is C16H28N6O4. The lowest BCUT2D eigenvalue weighted by Gasteiger charge is -2.52. The molecule has 0 saturated carbocycles. The van der Waals surface area contributed by atoms with Crippen LogP contribution in [-0.2, 0) is 19.1 Å². The standard InChI is InChI=1S/C16H28N6O4/c1-9(23)21-13-11-17(3)12-14(18(13)4)22(10(2)24)16(20(12)8-26-6)15(21)19(11)7-25-5/h11-16H,7-8H2,1-6H3. The van der Waals surface area contributed by atoms with Gasteiger partial charge in [0.05, 0.1) is 0 Å². The molecular weight excluding hydrogens is 340 g/mol. The van der Waals surface area contributed by atoms with Crippen molar-refractivity contribution in [2.45, 2.75) is 50.8 Å². The molecule has 5 rings (SSSR count). The van der Waals surface area contributed by atoms with Crippen molar-refractivity contribution >= 4 is 11.8 Å². The smallest absolute Gasteiger partial charge is 0.222 e. The van der Waals surface area contributed by atoms with Crippen molar-refractivity contribution < 1.29 is 19.1 Å². The molecule has 26 heavy (non-hydrogen) atoms. The molecule has 6 atom stereocenters. The first-order valence-corrected chi connectivity index (χ1v) is 8.87. The Labute approximate surface area is 153 Å². The number of ether oxygens (including phenoxy) is 2. The van der Waals surface area contributed by atoms with E-state index < -0.39 is 0 Å². The second-order valence-corrected chi connectivity index (χ2v) is 7.53. The maximum absolute atomic E-state index is 12.7. The number of carbonyl (C=O) groups excluding carboxylic acids is 2. The molecule has 0 aliphatic carbocycles. The third-order valence-corrected chi connectivity index (χ3v) is 6.25. The summed E-state index contributed by atoms with van der Waals surface area (Å²) in [6.07, 6.45) is -0.846. The van der Waals surface area contributed by atoms with E-state index in [9.17, 15) is 9.59 Å². The normalized spacial score (nSPS) is 40.1. The minimum Gasteiger partial charge on any atom is -0.369 e. The first kappa shape index (κ1) is 18.1. The Morgan fingerprint density at radius 2 is 1.04 bits per heavy atom. The van der Waals surface area contributed by atoms with E-state index in [4.69, 9.17) is 9.47 Å². The van der Waals surface area contributed by atoms with Crippen molar-refractivity contribution in [3.05, 3.63) is 0 Å². The van der Waals surface area contributed by atoms with E-state index in [0.29, 0.717) is 13.5 Å². The second-order valence-electron chi connectivity index (χ2n) is 7.53. The zero-order chi connectivity index (χ0) is 18.9. The van der Waals surface area contributed by atoms with Crippen molar-refractivity contribution in [1.29, 1.82) is 0 Å². The second kappa shape index (κ2) is 6.11. The Morgan fingerprint density at radius 1 is 0.692 bits per heavy atom. The van der Waals surface area contributed by atoms with Crippen LogP contribution in [0.5, 0.6) is 0 Å². The summed E-state index contributed by atoms with van der Waals surface area (Å²) in [6.45, 7) is 3.96. The molecule has 6 unspecified atom stereocenters. The van der Waals surface area contributed by atoms with E-state index in [-0.39, 0.29) is 48.8 Å². The molecule has 5 saturated heterocycles. The molecule has 0 spiro atoms. The van der Waals surface area contributed by atoms with Gasteiger partial charge in [0.15, 0.2) is 0 Å². The lowest BCUT2D eigenvalue weighted by molar-refractivity contribution is -0.164. The van der Waals surface area contributed by atoms with Gasteiger partial charge < -0.3 is 19.3 Å². The van der Waals surface area contributed by atoms with Crippen LogP contribution in [0, 0.1) is 0 Å². The van der Waals surface area contributed by atoms with Crippen LogP contribution in [0.15, 0.2) is 0 Å². The topological polar surface area (TPSA) is 72.0 Å². The van der Waals surface area contributed by atoms with Gasteiger partial charge in [0.2, 0.25) is 11.8 Å². The monoisotopic (exact) mass is 368 g/mol. The van der Waals surface area contributed by atoms with Crippen LogP contribution in [-0.4, -0.2) is 120 Å². The highest BCUT2D eigenvalue weighted by Gasteiger charge is 2.71. The Kier molecular flexibility index (Phi) is 4.25. The van der Waals surface area contributed by atoms with Gasteiger partial charge in [-0.25, -0.2) is 9.80 Å². The van der Waals surface area contributed by atoms with Gasteiger partial charge in [0.1, 0.15) is 50.5 Å². The van der Waals surface area contributed by atoms with Gasteiger partial charge in [-0.2, -0.15) is 0 Å². The molecule has 0 aromatic heterocycles. The Morgan fingerprint density at radius 3 is 1.35 bits per heavy atom. The molecule has 5 fully saturated rings. The maximum Gasteiger partial charge on any atom is 0.222 e. The number of hydrogen-bond acceptors (Lipinski definition) is 8. The van der Waals surface area contributed by atoms with Crippen LogP contribution in [0.2, 0.25) is 0 Å². The zero-order valence-corrected chi connectivity index (χ0v) is 16.2. The van der Waals surface area contributed by atoms with Gasteiger partial charge in [0.25, 0.3) is 0 Å². The summed E-state index contributed by atoms with van der Waals surface area (Å²) in [6, 6.07) is 0. The maximum atomic E-state index is 12.7. The van der Waals surface area contributed by atoms with Gasteiger partial charge in [-0.1, -0.05) is 0 Å². The molecule has 0 aromatic rings. The third-order valence-electron chi connectivity index (χ3n) is 6.25. The number of methoxy groups -OCH3 is 2. The average Bonchev–Trinajstić information content (AvgIpc) is 3.02. The zero-order valence-electron chi connectivity index (χ0n) is 16.2. The van der Waals surface area contributed by atoms with Crippen molar-refractivity contribution in [3.8, 4) is 0 Å². The van der Waals surface area contributed by atoms with Crippen LogP contribution in [0.4, 0.5) is 0 Å². The molecule has 10 heteroatoms. The summed E-state index contributed by atoms with van der Waals surface area (Å²) >= 11 is 0. The molecule has 0 aromatic carbocycles. The Hall–Kier alpha value is -1.30. The molecule has 10 nitrogen and oxygen atoms in total. The van der Waals surface area contributed by atoms with Gasteiger partial charge in [-0.3, -0.25) is 19.4 Å². The summed E-state index contributed by atoms with van der Waals surface area (Å²) in [5, 5.41) is 0. The van der Waals surface area contributed by atoms with Crippen LogP contribution in [0.3, 0.4) is 0 Å². The van der Waals surface area contributed by atoms with Gasteiger partial charge in [-0.15, -0.1) is 0 Å². The summed E-state index contributed by atoms with van der Waals surface area (Å²) in [7, 11) is 7.37. The third kappa shape index (κ3) is 2.02. The van der Waals surface area contributed by atoms with E-state index in [0.717, 1.165) is 0 Å². The summed E-state index contributed by atoms with van der Waals surface area (Å²) in [5.41, 5.74) is 0. The molecule has 146 valence electrons. The quantitative estimate of drug-likeness (QED) is 0.586. The first-order chi connectivity index (χ1) is 12.4.